The fourth-order valence-corrected chi connectivity index (χ4v) is 2.14. The second kappa shape index (κ2) is 5.63. The van der Waals surface area contributed by atoms with Gasteiger partial charge in [0.15, 0.2) is 0 Å². The highest BCUT2D eigenvalue weighted by Crippen LogP contribution is 2.21. The zero-order valence-corrected chi connectivity index (χ0v) is 10.9. The van der Waals surface area contributed by atoms with Crippen LogP contribution < -0.4 is 0 Å². The van der Waals surface area contributed by atoms with Crippen LogP contribution in [0.1, 0.15) is 25.8 Å². The molecule has 0 unspecified atom stereocenters. The molecule has 18 heavy (non-hydrogen) atoms. The summed E-state index contributed by atoms with van der Waals surface area (Å²) < 4.78 is 0. The summed E-state index contributed by atoms with van der Waals surface area (Å²) in [6.07, 6.45) is 3.48. The SMILES string of the molecule is CC(=O)CC=C(C)Cc1cccc2ccccc12. The zero-order valence-electron chi connectivity index (χ0n) is 10.9. The molecule has 0 aromatic heterocycles. The number of allylic oxidation sites excluding steroid dienone is 2. The van der Waals surface area contributed by atoms with Gasteiger partial charge in [0.1, 0.15) is 5.78 Å². The molecule has 0 saturated carbocycles. The number of Topliss-reactive ketones (excluding diaryl/α,β-unsaturated/α-hetero) is 1. The number of carbonyl (C=O) groups excluding carboxylic acids is 1. The number of benzene rings is 2. The van der Waals surface area contributed by atoms with Gasteiger partial charge in [0.05, 0.1) is 0 Å². The monoisotopic (exact) mass is 238 g/mol. The van der Waals surface area contributed by atoms with Crippen molar-refractivity contribution in [3.63, 3.8) is 0 Å². The molecule has 0 N–H and O–H groups in total. The van der Waals surface area contributed by atoms with Crippen molar-refractivity contribution in [1.82, 2.24) is 0 Å². The average molecular weight is 238 g/mol. The first-order chi connectivity index (χ1) is 8.66. The van der Waals surface area contributed by atoms with Crippen molar-refractivity contribution in [2.24, 2.45) is 0 Å². The maximum absolute atomic E-state index is 11.0. The Balaban J connectivity index is 2.26. The van der Waals surface area contributed by atoms with Crippen LogP contribution in [0.15, 0.2) is 54.1 Å². The topological polar surface area (TPSA) is 17.1 Å². The van der Waals surface area contributed by atoms with Crippen molar-refractivity contribution in [2.75, 3.05) is 0 Å². The summed E-state index contributed by atoms with van der Waals surface area (Å²) in [5.41, 5.74) is 2.58. The predicted octanol–water partition coefficient (Wildman–Crippen LogP) is 4.31. The summed E-state index contributed by atoms with van der Waals surface area (Å²) in [6, 6.07) is 14.8. The fraction of sp³-hybridized carbons (Fsp3) is 0.235. The average Bonchev–Trinajstić information content (AvgIpc) is 2.37. The third kappa shape index (κ3) is 3.07. The number of fused-ring (bicyclic) bond motifs is 1. The first kappa shape index (κ1) is 12.6. The van der Waals surface area contributed by atoms with Gasteiger partial charge in [-0.1, -0.05) is 54.1 Å². The van der Waals surface area contributed by atoms with Gasteiger partial charge in [0.25, 0.3) is 0 Å². The lowest BCUT2D eigenvalue weighted by Gasteiger charge is -2.06. The molecule has 0 aliphatic heterocycles. The maximum atomic E-state index is 11.0. The van der Waals surface area contributed by atoms with E-state index in [1.165, 1.54) is 21.9 Å². The van der Waals surface area contributed by atoms with Crippen LogP contribution in [0.2, 0.25) is 0 Å². The molecule has 0 radical (unpaired) electrons. The minimum Gasteiger partial charge on any atom is -0.300 e. The Labute approximate surface area is 108 Å². The molecule has 0 atom stereocenters. The minimum atomic E-state index is 0.215. The first-order valence-corrected chi connectivity index (χ1v) is 6.28. The van der Waals surface area contributed by atoms with Gasteiger partial charge in [-0.05, 0) is 36.6 Å². The van der Waals surface area contributed by atoms with Crippen molar-refractivity contribution in [1.29, 1.82) is 0 Å². The van der Waals surface area contributed by atoms with Crippen LogP contribution in [0.4, 0.5) is 0 Å². The molecule has 0 saturated heterocycles. The molecule has 0 spiro atoms. The van der Waals surface area contributed by atoms with Crippen molar-refractivity contribution < 1.29 is 4.79 Å². The van der Waals surface area contributed by atoms with Gasteiger partial charge in [0.2, 0.25) is 0 Å². The number of hydrogen-bond acceptors (Lipinski definition) is 1. The molecule has 0 fully saturated rings. The molecule has 0 aliphatic carbocycles. The van der Waals surface area contributed by atoms with Gasteiger partial charge < -0.3 is 0 Å². The largest absolute Gasteiger partial charge is 0.300 e. The smallest absolute Gasteiger partial charge is 0.133 e. The summed E-state index contributed by atoms with van der Waals surface area (Å²) in [4.78, 5) is 11.0. The molecule has 1 nitrogen and oxygen atoms in total. The van der Waals surface area contributed by atoms with Gasteiger partial charge in [-0.25, -0.2) is 0 Å². The van der Waals surface area contributed by atoms with E-state index in [4.69, 9.17) is 0 Å². The Morgan fingerprint density at radius 3 is 2.56 bits per heavy atom. The van der Waals surface area contributed by atoms with Crippen LogP contribution in [0, 0.1) is 0 Å². The standard InChI is InChI=1S/C17H18O/c1-13(10-11-14(2)18)12-16-8-5-7-15-6-3-4-9-17(15)16/h3-10H,11-12H2,1-2H3. The lowest BCUT2D eigenvalue weighted by Crippen LogP contribution is -1.91. The van der Waals surface area contributed by atoms with Crippen molar-refractivity contribution in [3.05, 3.63) is 59.7 Å². The number of rotatable bonds is 4. The van der Waals surface area contributed by atoms with Gasteiger partial charge in [0, 0.05) is 6.42 Å². The molecule has 92 valence electrons. The molecular formula is C17H18O. The summed E-state index contributed by atoms with van der Waals surface area (Å²) in [6.45, 7) is 3.71. The minimum absolute atomic E-state index is 0.215. The van der Waals surface area contributed by atoms with E-state index < -0.39 is 0 Å². The number of hydrogen-bond donors (Lipinski definition) is 0. The summed E-state index contributed by atoms with van der Waals surface area (Å²) >= 11 is 0. The Bertz CT molecular complexity index is 588. The molecule has 2 rings (SSSR count). The van der Waals surface area contributed by atoms with Crippen LogP contribution >= 0.6 is 0 Å². The van der Waals surface area contributed by atoms with Crippen molar-refractivity contribution in [2.45, 2.75) is 26.7 Å². The van der Waals surface area contributed by atoms with E-state index in [1.807, 2.05) is 6.08 Å². The Kier molecular flexibility index (Phi) is 3.93. The molecule has 0 aliphatic rings. The number of carbonyl (C=O) groups is 1. The second-order valence-electron chi connectivity index (χ2n) is 4.77. The molecule has 0 heterocycles. The van der Waals surface area contributed by atoms with Crippen molar-refractivity contribution >= 4 is 16.6 Å². The van der Waals surface area contributed by atoms with Gasteiger partial charge in [-0.3, -0.25) is 4.79 Å². The highest BCUT2D eigenvalue weighted by molar-refractivity contribution is 5.85. The van der Waals surface area contributed by atoms with Crippen LogP contribution in [-0.4, -0.2) is 5.78 Å². The van der Waals surface area contributed by atoms with Gasteiger partial charge in [-0.15, -0.1) is 0 Å². The molecule has 2 aromatic rings. The lowest BCUT2D eigenvalue weighted by atomic mass is 9.98. The van der Waals surface area contributed by atoms with Gasteiger partial charge >= 0.3 is 0 Å². The second-order valence-corrected chi connectivity index (χ2v) is 4.77. The third-order valence-electron chi connectivity index (χ3n) is 3.09. The highest BCUT2D eigenvalue weighted by atomic mass is 16.1. The maximum Gasteiger partial charge on any atom is 0.133 e. The molecule has 1 heteroatoms. The van der Waals surface area contributed by atoms with Crippen LogP contribution in [0.3, 0.4) is 0 Å². The molecule has 0 amide bonds. The van der Waals surface area contributed by atoms with Gasteiger partial charge in [-0.2, -0.15) is 0 Å². The molecule has 2 aromatic carbocycles. The van der Waals surface area contributed by atoms with Crippen LogP contribution in [0.5, 0.6) is 0 Å². The van der Waals surface area contributed by atoms with Crippen molar-refractivity contribution in [3.8, 4) is 0 Å². The van der Waals surface area contributed by atoms with Crippen LogP contribution in [-0.2, 0) is 11.2 Å². The third-order valence-corrected chi connectivity index (χ3v) is 3.09. The lowest BCUT2D eigenvalue weighted by molar-refractivity contribution is -0.116. The first-order valence-electron chi connectivity index (χ1n) is 6.28. The van der Waals surface area contributed by atoms with Crippen LogP contribution in [0.25, 0.3) is 10.8 Å². The fourth-order valence-electron chi connectivity index (χ4n) is 2.14. The predicted molar refractivity (Wildman–Crippen MR) is 76.7 cm³/mol. The number of ketones is 1. The van der Waals surface area contributed by atoms with E-state index in [1.54, 1.807) is 6.92 Å². The Hall–Kier alpha value is -1.89. The summed E-state index contributed by atoms with van der Waals surface area (Å²) in [7, 11) is 0. The normalized spacial score (nSPS) is 11.8. The Morgan fingerprint density at radius 2 is 1.78 bits per heavy atom. The van der Waals surface area contributed by atoms with E-state index in [0.717, 1.165) is 6.42 Å². The van der Waals surface area contributed by atoms with E-state index in [2.05, 4.69) is 49.4 Å². The zero-order chi connectivity index (χ0) is 13.0. The van der Waals surface area contributed by atoms with E-state index in [9.17, 15) is 4.79 Å². The quantitative estimate of drug-likeness (QED) is 0.725. The summed E-state index contributed by atoms with van der Waals surface area (Å²) in [5.74, 6) is 0.215. The molecular weight excluding hydrogens is 220 g/mol. The molecule has 0 bridgehead atoms. The van der Waals surface area contributed by atoms with E-state index in [0.29, 0.717) is 6.42 Å². The van der Waals surface area contributed by atoms with E-state index >= 15 is 0 Å². The highest BCUT2D eigenvalue weighted by Gasteiger charge is 2.01. The summed E-state index contributed by atoms with van der Waals surface area (Å²) in [5, 5.41) is 2.57. The van der Waals surface area contributed by atoms with E-state index in [-0.39, 0.29) is 5.78 Å². The Morgan fingerprint density at radius 1 is 1.06 bits per heavy atom.